The molecule has 2 aromatic heterocycles. The minimum Gasteiger partial charge on any atom is -0.456 e. The van der Waals surface area contributed by atoms with Gasteiger partial charge in [0, 0.05) is 22.7 Å². The maximum atomic E-state index is 13.9. The smallest absolute Gasteiger partial charge is 0.148 e. The Hall–Kier alpha value is -2.71. The van der Waals surface area contributed by atoms with E-state index < -0.39 is 11.9 Å². The van der Waals surface area contributed by atoms with Gasteiger partial charge in [0.05, 0.1) is 23.9 Å². The van der Waals surface area contributed by atoms with Gasteiger partial charge in [-0.05, 0) is 31.2 Å². The Morgan fingerprint density at radius 3 is 2.86 bits per heavy atom. The van der Waals surface area contributed by atoms with Gasteiger partial charge in [0.2, 0.25) is 0 Å². The minimum atomic E-state index is -0.981. The lowest BCUT2D eigenvalue weighted by Crippen LogP contribution is -2.00. The van der Waals surface area contributed by atoms with Gasteiger partial charge >= 0.3 is 0 Å². The third-order valence-electron chi connectivity index (χ3n) is 3.27. The SMILES string of the molecule is CC(O)c1c(F)cncc1-c1cc2ccc(C#N)cc2o1. The monoisotopic (exact) mass is 282 g/mol. The van der Waals surface area contributed by atoms with Crippen molar-refractivity contribution in [1.82, 2.24) is 4.98 Å². The van der Waals surface area contributed by atoms with Crippen LogP contribution in [-0.4, -0.2) is 10.1 Å². The fourth-order valence-corrected chi connectivity index (χ4v) is 2.30. The quantitative estimate of drug-likeness (QED) is 0.780. The highest BCUT2D eigenvalue weighted by molar-refractivity contribution is 5.84. The first-order valence-electron chi connectivity index (χ1n) is 6.35. The van der Waals surface area contributed by atoms with Gasteiger partial charge in [-0.1, -0.05) is 0 Å². The van der Waals surface area contributed by atoms with Crippen molar-refractivity contribution in [2.45, 2.75) is 13.0 Å². The fourth-order valence-electron chi connectivity index (χ4n) is 2.30. The molecule has 104 valence electrons. The molecule has 1 atom stereocenters. The molecule has 0 radical (unpaired) electrons. The van der Waals surface area contributed by atoms with Crippen molar-refractivity contribution in [3.63, 3.8) is 0 Å². The van der Waals surface area contributed by atoms with Crippen LogP contribution in [0, 0.1) is 17.1 Å². The molecule has 3 aromatic rings. The van der Waals surface area contributed by atoms with Gasteiger partial charge in [-0.15, -0.1) is 0 Å². The molecule has 0 bridgehead atoms. The van der Waals surface area contributed by atoms with Gasteiger partial charge in [0.1, 0.15) is 17.2 Å². The lowest BCUT2D eigenvalue weighted by Gasteiger charge is -2.10. The summed E-state index contributed by atoms with van der Waals surface area (Å²) >= 11 is 0. The Kier molecular flexibility index (Phi) is 3.16. The largest absolute Gasteiger partial charge is 0.456 e. The Bertz CT molecular complexity index is 862. The third-order valence-corrected chi connectivity index (χ3v) is 3.27. The summed E-state index contributed by atoms with van der Waals surface area (Å²) < 4.78 is 19.5. The molecular formula is C16H11FN2O2. The van der Waals surface area contributed by atoms with E-state index in [2.05, 4.69) is 4.98 Å². The van der Waals surface area contributed by atoms with E-state index in [9.17, 15) is 9.50 Å². The first-order chi connectivity index (χ1) is 10.1. The van der Waals surface area contributed by atoms with Crippen molar-refractivity contribution in [3.05, 3.63) is 53.6 Å². The first kappa shape index (κ1) is 13.3. The highest BCUT2D eigenvalue weighted by Crippen LogP contribution is 2.33. The van der Waals surface area contributed by atoms with E-state index in [1.165, 1.54) is 13.1 Å². The van der Waals surface area contributed by atoms with Crippen molar-refractivity contribution in [2.24, 2.45) is 0 Å². The Balaban J connectivity index is 2.22. The number of pyridine rings is 1. The Morgan fingerprint density at radius 1 is 1.33 bits per heavy atom. The lowest BCUT2D eigenvalue weighted by molar-refractivity contribution is 0.194. The number of nitriles is 1. The first-order valence-corrected chi connectivity index (χ1v) is 6.35. The summed E-state index contributed by atoms with van der Waals surface area (Å²) in [6.45, 7) is 1.48. The average molecular weight is 282 g/mol. The molecule has 1 aromatic carbocycles. The standard InChI is InChI=1S/C16H11FN2O2/c1-9(20)16-12(7-19-8-13(16)17)15-5-11-3-2-10(6-18)4-14(11)21-15/h2-5,7-9,20H,1H3. The molecule has 0 spiro atoms. The zero-order chi connectivity index (χ0) is 15.0. The number of aromatic nitrogens is 1. The fraction of sp³-hybridized carbons (Fsp3) is 0.125. The second-order valence-corrected chi connectivity index (χ2v) is 4.73. The molecule has 0 saturated carbocycles. The number of hydrogen-bond donors (Lipinski definition) is 1. The van der Waals surface area contributed by atoms with E-state index in [0.29, 0.717) is 22.5 Å². The lowest BCUT2D eigenvalue weighted by atomic mass is 10.0. The Morgan fingerprint density at radius 2 is 2.14 bits per heavy atom. The van der Waals surface area contributed by atoms with Gasteiger partial charge in [0.25, 0.3) is 0 Å². The summed E-state index contributed by atoms with van der Waals surface area (Å²) in [5, 5.41) is 19.4. The van der Waals surface area contributed by atoms with Crippen LogP contribution in [0.4, 0.5) is 4.39 Å². The van der Waals surface area contributed by atoms with E-state index in [-0.39, 0.29) is 5.56 Å². The molecule has 4 nitrogen and oxygen atoms in total. The van der Waals surface area contributed by atoms with E-state index in [1.807, 2.05) is 6.07 Å². The van der Waals surface area contributed by atoms with Crippen LogP contribution in [0.15, 0.2) is 41.1 Å². The second-order valence-electron chi connectivity index (χ2n) is 4.73. The van der Waals surface area contributed by atoms with E-state index in [4.69, 9.17) is 9.68 Å². The number of aliphatic hydroxyl groups is 1. The van der Waals surface area contributed by atoms with Gasteiger partial charge in [-0.2, -0.15) is 5.26 Å². The zero-order valence-corrected chi connectivity index (χ0v) is 11.2. The van der Waals surface area contributed by atoms with Crippen molar-refractivity contribution < 1.29 is 13.9 Å². The van der Waals surface area contributed by atoms with Gasteiger partial charge in [-0.3, -0.25) is 4.98 Å². The number of fused-ring (bicyclic) bond motifs is 1. The number of hydrogen-bond acceptors (Lipinski definition) is 4. The summed E-state index contributed by atoms with van der Waals surface area (Å²) in [7, 11) is 0. The van der Waals surface area contributed by atoms with Crippen LogP contribution in [-0.2, 0) is 0 Å². The van der Waals surface area contributed by atoms with Crippen molar-refractivity contribution in [3.8, 4) is 17.4 Å². The summed E-state index contributed by atoms with van der Waals surface area (Å²) in [5.74, 6) is -0.177. The van der Waals surface area contributed by atoms with Crippen LogP contribution >= 0.6 is 0 Å². The van der Waals surface area contributed by atoms with Crippen molar-refractivity contribution in [2.75, 3.05) is 0 Å². The molecular weight excluding hydrogens is 271 g/mol. The highest BCUT2D eigenvalue weighted by Gasteiger charge is 2.18. The van der Waals surface area contributed by atoms with Crippen molar-refractivity contribution in [1.29, 1.82) is 5.26 Å². The van der Waals surface area contributed by atoms with Gasteiger partial charge in [0.15, 0.2) is 0 Å². The predicted molar refractivity (Wildman–Crippen MR) is 74.8 cm³/mol. The van der Waals surface area contributed by atoms with E-state index in [1.54, 1.807) is 24.3 Å². The minimum absolute atomic E-state index is 0.143. The summed E-state index contributed by atoms with van der Waals surface area (Å²) in [4.78, 5) is 3.81. The second kappa shape index (κ2) is 5.00. The normalized spacial score (nSPS) is 12.3. The maximum absolute atomic E-state index is 13.9. The summed E-state index contributed by atoms with van der Waals surface area (Å²) in [6, 6.07) is 8.83. The molecule has 0 aliphatic heterocycles. The molecule has 0 saturated heterocycles. The van der Waals surface area contributed by atoms with Crippen LogP contribution in [0.3, 0.4) is 0 Å². The van der Waals surface area contributed by atoms with Crippen LogP contribution in [0.25, 0.3) is 22.3 Å². The number of benzene rings is 1. The van der Waals surface area contributed by atoms with Crippen LogP contribution in [0.2, 0.25) is 0 Å². The van der Waals surface area contributed by atoms with Crippen molar-refractivity contribution >= 4 is 11.0 Å². The Labute approximate surface area is 120 Å². The number of halogens is 1. The number of furan rings is 1. The molecule has 3 rings (SSSR count). The molecule has 2 heterocycles. The van der Waals surface area contributed by atoms with E-state index >= 15 is 0 Å². The number of nitrogens with zero attached hydrogens (tertiary/aromatic N) is 2. The summed E-state index contributed by atoms with van der Waals surface area (Å²) in [6.07, 6.45) is 1.53. The number of rotatable bonds is 2. The molecule has 21 heavy (non-hydrogen) atoms. The molecule has 1 unspecified atom stereocenters. The molecule has 0 aliphatic rings. The maximum Gasteiger partial charge on any atom is 0.148 e. The zero-order valence-electron chi connectivity index (χ0n) is 11.2. The van der Waals surface area contributed by atoms with Crippen LogP contribution in [0.1, 0.15) is 24.2 Å². The topological polar surface area (TPSA) is 70.1 Å². The predicted octanol–water partition coefficient (Wildman–Crippen LogP) is 3.56. The molecule has 5 heteroatoms. The highest BCUT2D eigenvalue weighted by atomic mass is 19.1. The average Bonchev–Trinajstić information content (AvgIpc) is 2.89. The van der Waals surface area contributed by atoms with E-state index in [0.717, 1.165) is 11.6 Å². The third kappa shape index (κ3) is 2.26. The molecule has 0 aliphatic carbocycles. The van der Waals surface area contributed by atoms with Gasteiger partial charge < -0.3 is 9.52 Å². The number of aliphatic hydroxyl groups excluding tert-OH is 1. The molecule has 1 N–H and O–H groups in total. The summed E-state index contributed by atoms with van der Waals surface area (Å²) in [5.41, 5.74) is 1.56. The van der Waals surface area contributed by atoms with Gasteiger partial charge in [-0.25, -0.2) is 4.39 Å². The van der Waals surface area contributed by atoms with Crippen LogP contribution in [0.5, 0.6) is 0 Å². The van der Waals surface area contributed by atoms with Crippen LogP contribution < -0.4 is 0 Å². The molecule has 0 amide bonds. The molecule has 0 fully saturated rings.